The molecule has 0 radical (unpaired) electrons. The molecule has 8 heteroatoms. The van der Waals surface area contributed by atoms with Crippen molar-refractivity contribution in [3.05, 3.63) is 53.9 Å². The summed E-state index contributed by atoms with van der Waals surface area (Å²) in [7, 11) is 3.76. The molecule has 1 N–H and O–H groups in total. The first kappa shape index (κ1) is 19.2. The number of pyridine rings is 1. The fourth-order valence-electron chi connectivity index (χ4n) is 3.46. The van der Waals surface area contributed by atoms with E-state index in [1.54, 1.807) is 16.0 Å². The molecule has 0 saturated carbocycles. The minimum atomic E-state index is -0.135. The Bertz CT molecular complexity index is 868. The van der Waals surface area contributed by atoms with Gasteiger partial charge in [0.05, 0.1) is 19.6 Å². The van der Waals surface area contributed by atoms with Crippen molar-refractivity contribution in [2.24, 2.45) is 0 Å². The van der Waals surface area contributed by atoms with Gasteiger partial charge in [-0.1, -0.05) is 0 Å². The molecule has 0 spiro atoms. The lowest BCUT2D eigenvalue weighted by Gasteiger charge is -2.39. The zero-order chi connectivity index (χ0) is 20.4. The van der Waals surface area contributed by atoms with E-state index in [1.807, 2.05) is 55.5 Å². The molecule has 1 aromatic carbocycles. The number of hydrogen-bond donors (Lipinski definition) is 1. The van der Waals surface area contributed by atoms with Gasteiger partial charge in [0.15, 0.2) is 0 Å². The number of carbonyl (C=O) groups excluding carboxylic acids is 2. The normalized spacial score (nSPS) is 15.8. The Hall–Kier alpha value is -3.13. The summed E-state index contributed by atoms with van der Waals surface area (Å²) in [5, 5.41) is 2.92. The molecule has 1 saturated heterocycles. The summed E-state index contributed by atoms with van der Waals surface area (Å²) in [5.74, 6) is 0.847. The zero-order valence-corrected chi connectivity index (χ0v) is 16.7. The summed E-state index contributed by atoms with van der Waals surface area (Å²) in [6, 6.07) is 9.14. The van der Waals surface area contributed by atoms with E-state index in [0.29, 0.717) is 38.4 Å². The highest BCUT2D eigenvalue weighted by molar-refractivity contribution is 5.89. The molecule has 152 valence electrons. The van der Waals surface area contributed by atoms with Gasteiger partial charge >= 0.3 is 6.03 Å². The monoisotopic (exact) mass is 395 g/mol. The maximum atomic E-state index is 12.5. The second kappa shape index (κ2) is 8.08. The van der Waals surface area contributed by atoms with Gasteiger partial charge in [-0.3, -0.25) is 9.78 Å². The number of carbonyl (C=O) groups is 2. The van der Waals surface area contributed by atoms with Gasteiger partial charge in [-0.05, 0) is 55.6 Å². The predicted molar refractivity (Wildman–Crippen MR) is 108 cm³/mol. The number of likely N-dealkylation sites (N-methyl/N-ethyl adjacent to an activating group) is 1. The lowest BCUT2D eigenvalue weighted by molar-refractivity contribution is -0.140. The molecular formula is C21H25N5O3. The smallest absolute Gasteiger partial charge is 0.322 e. The van der Waals surface area contributed by atoms with E-state index in [2.05, 4.69) is 10.3 Å². The lowest BCUT2D eigenvalue weighted by atomic mass is 10.1. The van der Waals surface area contributed by atoms with Crippen LogP contribution in [0.25, 0.3) is 0 Å². The number of nitrogens with one attached hydrogen (secondary N) is 1. The van der Waals surface area contributed by atoms with Gasteiger partial charge in [0, 0.05) is 31.2 Å². The van der Waals surface area contributed by atoms with Gasteiger partial charge in [-0.2, -0.15) is 0 Å². The zero-order valence-electron chi connectivity index (χ0n) is 16.7. The number of urea groups is 1. The number of ether oxygens (including phenoxy) is 1. The third-order valence-electron chi connectivity index (χ3n) is 5.07. The summed E-state index contributed by atoms with van der Waals surface area (Å²) < 4.78 is 5.90. The molecule has 0 aliphatic carbocycles. The molecule has 1 fully saturated rings. The van der Waals surface area contributed by atoms with Gasteiger partial charge < -0.3 is 24.8 Å². The highest BCUT2D eigenvalue weighted by Crippen LogP contribution is 2.24. The Kier molecular flexibility index (Phi) is 5.35. The first-order valence-corrected chi connectivity index (χ1v) is 9.65. The summed E-state index contributed by atoms with van der Waals surface area (Å²) in [6.07, 6.45) is 3.57. The van der Waals surface area contributed by atoms with Crippen molar-refractivity contribution in [1.82, 2.24) is 19.7 Å². The Morgan fingerprint density at radius 1 is 1.10 bits per heavy atom. The second-order valence-corrected chi connectivity index (χ2v) is 7.73. The van der Waals surface area contributed by atoms with Crippen LogP contribution in [0.3, 0.4) is 0 Å². The number of rotatable bonds is 5. The molecule has 0 unspecified atom stereocenters. The minimum Gasteiger partial charge on any atom is -0.487 e. The lowest BCUT2D eigenvalue weighted by Crippen LogP contribution is -2.57. The summed E-state index contributed by atoms with van der Waals surface area (Å²) in [4.78, 5) is 34.0. The predicted octanol–water partition coefficient (Wildman–Crippen LogP) is 1.78. The van der Waals surface area contributed by atoms with E-state index in [1.165, 1.54) is 0 Å². The van der Waals surface area contributed by atoms with Crippen molar-refractivity contribution in [2.75, 3.05) is 39.0 Å². The van der Waals surface area contributed by atoms with E-state index in [4.69, 9.17) is 4.74 Å². The molecule has 1 aromatic heterocycles. The van der Waals surface area contributed by atoms with Crippen molar-refractivity contribution >= 4 is 17.6 Å². The van der Waals surface area contributed by atoms with E-state index in [-0.39, 0.29) is 18.0 Å². The molecule has 2 aliphatic rings. The van der Waals surface area contributed by atoms with Gasteiger partial charge in [-0.15, -0.1) is 0 Å². The molecule has 8 nitrogen and oxygen atoms in total. The van der Waals surface area contributed by atoms with Crippen LogP contribution < -0.4 is 10.1 Å². The molecule has 2 aromatic rings. The Morgan fingerprint density at radius 2 is 1.83 bits per heavy atom. The molecule has 2 aliphatic heterocycles. The van der Waals surface area contributed by atoms with Crippen LogP contribution in [0.5, 0.6) is 5.75 Å². The van der Waals surface area contributed by atoms with Crippen molar-refractivity contribution in [2.45, 2.75) is 19.2 Å². The van der Waals surface area contributed by atoms with Crippen LogP contribution in [0.4, 0.5) is 10.5 Å². The standard InChI is InChI=1S/C21H25N5O3/c1-24(2)14-20(27)25-12-19(13-25)29-18-5-3-17(4-6-18)23-21(28)26-10-15-7-8-22-9-16(15)11-26/h3-9,19H,10-14H2,1-2H3,(H,23,28). The SMILES string of the molecule is CN(C)CC(=O)N1CC(Oc2ccc(NC(=O)N3Cc4ccncc4C3)cc2)C1. The number of aromatic nitrogens is 1. The van der Waals surface area contributed by atoms with E-state index in [0.717, 1.165) is 16.9 Å². The van der Waals surface area contributed by atoms with Crippen LogP contribution >= 0.6 is 0 Å². The molecule has 3 heterocycles. The Morgan fingerprint density at radius 3 is 2.52 bits per heavy atom. The molecule has 29 heavy (non-hydrogen) atoms. The number of nitrogens with zero attached hydrogens (tertiary/aromatic N) is 4. The highest BCUT2D eigenvalue weighted by atomic mass is 16.5. The highest BCUT2D eigenvalue weighted by Gasteiger charge is 2.32. The van der Waals surface area contributed by atoms with Crippen molar-refractivity contribution in [3.8, 4) is 5.75 Å². The van der Waals surface area contributed by atoms with E-state index < -0.39 is 0 Å². The quantitative estimate of drug-likeness (QED) is 0.835. The number of hydrogen-bond acceptors (Lipinski definition) is 5. The van der Waals surface area contributed by atoms with Crippen LogP contribution in [0, 0.1) is 0 Å². The van der Waals surface area contributed by atoms with E-state index in [9.17, 15) is 9.59 Å². The Balaban J connectivity index is 1.24. The molecular weight excluding hydrogens is 370 g/mol. The average Bonchev–Trinajstić information content (AvgIpc) is 3.09. The minimum absolute atomic E-state index is 0.0123. The number of amides is 3. The van der Waals surface area contributed by atoms with Crippen LogP contribution in [0.2, 0.25) is 0 Å². The number of likely N-dealkylation sites (tertiary alicyclic amines) is 1. The van der Waals surface area contributed by atoms with Crippen LogP contribution in [-0.2, 0) is 17.9 Å². The maximum absolute atomic E-state index is 12.5. The van der Waals surface area contributed by atoms with Crippen LogP contribution in [-0.4, -0.2) is 71.5 Å². The van der Waals surface area contributed by atoms with Crippen molar-refractivity contribution in [1.29, 1.82) is 0 Å². The summed E-state index contributed by atoms with van der Waals surface area (Å²) in [6.45, 7) is 2.79. The fourth-order valence-corrected chi connectivity index (χ4v) is 3.46. The van der Waals surface area contributed by atoms with Gasteiger partial charge in [0.25, 0.3) is 0 Å². The number of fused-ring (bicyclic) bond motifs is 1. The average molecular weight is 395 g/mol. The Labute approximate surface area is 170 Å². The summed E-state index contributed by atoms with van der Waals surface area (Å²) >= 11 is 0. The van der Waals surface area contributed by atoms with Gasteiger partial charge in [0.2, 0.25) is 5.91 Å². The molecule has 4 rings (SSSR count). The number of benzene rings is 1. The third kappa shape index (κ3) is 4.48. The topological polar surface area (TPSA) is 78.0 Å². The molecule has 0 bridgehead atoms. The first-order valence-electron chi connectivity index (χ1n) is 9.65. The van der Waals surface area contributed by atoms with Crippen LogP contribution in [0.15, 0.2) is 42.7 Å². The number of anilines is 1. The van der Waals surface area contributed by atoms with Crippen molar-refractivity contribution in [3.63, 3.8) is 0 Å². The van der Waals surface area contributed by atoms with Gasteiger partial charge in [-0.25, -0.2) is 4.79 Å². The van der Waals surface area contributed by atoms with E-state index >= 15 is 0 Å². The first-order chi connectivity index (χ1) is 14.0. The maximum Gasteiger partial charge on any atom is 0.322 e. The molecule has 0 atom stereocenters. The van der Waals surface area contributed by atoms with Crippen molar-refractivity contribution < 1.29 is 14.3 Å². The largest absolute Gasteiger partial charge is 0.487 e. The van der Waals surface area contributed by atoms with Gasteiger partial charge in [0.1, 0.15) is 11.9 Å². The third-order valence-corrected chi connectivity index (χ3v) is 5.07. The fraction of sp³-hybridized carbons (Fsp3) is 0.381. The second-order valence-electron chi connectivity index (χ2n) is 7.73. The van der Waals surface area contributed by atoms with Crippen LogP contribution in [0.1, 0.15) is 11.1 Å². The molecule has 3 amide bonds. The summed E-state index contributed by atoms with van der Waals surface area (Å²) in [5.41, 5.74) is 2.94.